The molecule has 14 heteroatoms. The minimum Gasteiger partial charge on any atom is -0.492 e. The highest BCUT2D eigenvalue weighted by molar-refractivity contribution is 7.88. The summed E-state index contributed by atoms with van der Waals surface area (Å²) in [7, 11) is -0.0741. The number of sulfonamides is 1. The Balaban J connectivity index is 1.37. The zero-order valence-electron chi connectivity index (χ0n) is 22.8. The molecule has 1 saturated carbocycles. The van der Waals surface area contributed by atoms with Gasteiger partial charge in [0.05, 0.1) is 24.8 Å². The van der Waals surface area contributed by atoms with Crippen LogP contribution < -0.4 is 26.3 Å². The first-order valence-electron chi connectivity index (χ1n) is 12.8. The van der Waals surface area contributed by atoms with Crippen LogP contribution in [0.3, 0.4) is 0 Å². The number of para-hydroxylation sites is 1. The van der Waals surface area contributed by atoms with Gasteiger partial charge in [0.15, 0.2) is 17.4 Å². The lowest BCUT2D eigenvalue weighted by Gasteiger charge is -2.33. The second-order valence-corrected chi connectivity index (χ2v) is 11.7. The lowest BCUT2D eigenvalue weighted by Crippen LogP contribution is -2.51. The number of allylic oxidation sites excluding steroid dienone is 2. The van der Waals surface area contributed by atoms with Crippen molar-refractivity contribution in [2.24, 2.45) is 18.5 Å². The largest absolute Gasteiger partial charge is 0.492 e. The maximum absolute atomic E-state index is 12.8. The molecule has 0 spiro atoms. The van der Waals surface area contributed by atoms with Crippen molar-refractivity contribution in [3.05, 3.63) is 64.9 Å². The molecule has 5 N–H and O–H groups in total. The quantitative estimate of drug-likeness (QED) is 0.206. The number of carbonyl (C=O) groups is 2. The fourth-order valence-corrected chi connectivity index (χ4v) is 5.20. The summed E-state index contributed by atoms with van der Waals surface area (Å²) in [5.41, 5.74) is 14.0. The van der Waals surface area contributed by atoms with Gasteiger partial charge < -0.3 is 31.2 Å². The molecule has 2 amide bonds. The number of nitrogens with one attached hydrogen (secondary N) is 1. The number of aryl methyl sites for hydroxylation is 1. The van der Waals surface area contributed by atoms with Crippen LogP contribution in [0.25, 0.3) is 0 Å². The van der Waals surface area contributed by atoms with Crippen molar-refractivity contribution in [2.45, 2.75) is 25.3 Å². The molecule has 4 rings (SSSR count). The smallest absolute Gasteiger partial charge is 0.269 e. The van der Waals surface area contributed by atoms with Crippen molar-refractivity contribution >= 4 is 21.8 Å². The van der Waals surface area contributed by atoms with E-state index in [1.165, 1.54) is 28.5 Å². The Morgan fingerprint density at radius 1 is 1.15 bits per heavy atom. The molecule has 2 aliphatic rings. The normalized spacial score (nSPS) is 17.0. The zero-order chi connectivity index (χ0) is 29.0. The number of nitrogens with zero attached hydrogens (tertiary/aromatic N) is 4. The first-order chi connectivity index (χ1) is 19.0. The lowest BCUT2D eigenvalue weighted by atomic mass is 10.1. The third kappa shape index (κ3) is 6.93. The number of amides is 2. The highest BCUT2D eigenvalue weighted by Gasteiger charge is 2.28. The van der Waals surface area contributed by atoms with E-state index in [4.69, 9.17) is 20.9 Å². The molecule has 1 aliphatic carbocycles. The van der Waals surface area contributed by atoms with Crippen LogP contribution in [0.1, 0.15) is 40.5 Å². The topological polar surface area (TPSA) is 175 Å². The molecule has 2 fully saturated rings. The summed E-state index contributed by atoms with van der Waals surface area (Å²) in [6, 6.07) is 7.03. The van der Waals surface area contributed by atoms with Gasteiger partial charge in [-0.05, 0) is 31.1 Å². The molecule has 1 aromatic carbocycles. The highest BCUT2D eigenvalue weighted by atomic mass is 32.2. The Hall–Kier alpha value is -4.04. The Bertz CT molecular complexity index is 1440. The fourth-order valence-electron chi connectivity index (χ4n) is 4.37. The maximum Gasteiger partial charge on any atom is 0.269 e. The molecule has 40 heavy (non-hydrogen) atoms. The minimum atomic E-state index is -3.31. The van der Waals surface area contributed by atoms with E-state index in [-0.39, 0.29) is 50.2 Å². The van der Waals surface area contributed by atoms with E-state index >= 15 is 0 Å². The number of hydrogen-bond donors (Lipinski definition) is 3. The number of nitrogens with two attached hydrogens (primary N) is 2. The van der Waals surface area contributed by atoms with E-state index in [1.807, 2.05) is 6.07 Å². The summed E-state index contributed by atoms with van der Waals surface area (Å²) < 4.78 is 37.5. The SMILES string of the molecule is COc1c(CNC(=O)c2cc(C3CC3)nn2C)cccc1O/C(N)=C/C=C(\N)C(=O)N1CCN(S(C)(=O)=O)CC1. The summed E-state index contributed by atoms with van der Waals surface area (Å²) in [4.78, 5) is 26.9. The van der Waals surface area contributed by atoms with Crippen LogP contribution in [0.15, 0.2) is 48.0 Å². The minimum absolute atomic E-state index is 0.0420. The molecule has 216 valence electrons. The van der Waals surface area contributed by atoms with Crippen LogP contribution in [0, 0.1) is 0 Å². The van der Waals surface area contributed by atoms with Crippen molar-refractivity contribution in [3.63, 3.8) is 0 Å². The molecule has 1 saturated heterocycles. The average molecular weight is 574 g/mol. The van der Waals surface area contributed by atoms with Gasteiger partial charge >= 0.3 is 0 Å². The third-order valence-corrected chi connectivity index (χ3v) is 8.03. The van der Waals surface area contributed by atoms with Gasteiger partial charge in [0.25, 0.3) is 11.8 Å². The van der Waals surface area contributed by atoms with Crippen LogP contribution in [-0.2, 0) is 28.4 Å². The fraction of sp³-hybridized carbons (Fsp3) is 0.423. The van der Waals surface area contributed by atoms with E-state index in [0.717, 1.165) is 24.8 Å². The summed E-state index contributed by atoms with van der Waals surface area (Å²) >= 11 is 0. The molecule has 1 aliphatic heterocycles. The summed E-state index contributed by atoms with van der Waals surface area (Å²) in [6.07, 6.45) is 6.03. The Kier molecular flexibility index (Phi) is 8.69. The number of carbonyl (C=O) groups excluding carboxylic acids is 2. The Morgan fingerprint density at radius 2 is 1.85 bits per heavy atom. The second kappa shape index (κ2) is 12.0. The number of benzene rings is 1. The molecule has 2 heterocycles. The lowest BCUT2D eigenvalue weighted by molar-refractivity contribution is -0.128. The van der Waals surface area contributed by atoms with Gasteiger partial charge in [0.1, 0.15) is 5.69 Å². The van der Waals surface area contributed by atoms with E-state index in [9.17, 15) is 18.0 Å². The van der Waals surface area contributed by atoms with Gasteiger partial charge in [-0.2, -0.15) is 9.40 Å². The van der Waals surface area contributed by atoms with Crippen molar-refractivity contribution in [1.29, 1.82) is 0 Å². The summed E-state index contributed by atoms with van der Waals surface area (Å²) in [6.45, 7) is 1.07. The van der Waals surface area contributed by atoms with Gasteiger partial charge in [-0.15, -0.1) is 0 Å². The van der Waals surface area contributed by atoms with Crippen LogP contribution in [-0.4, -0.2) is 78.8 Å². The Labute approximate surface area is 233 Å². The average Bonchev–Trinajstić information content (AvgIpc) is 3.70. The molecule has 13 nitrogen and oxygen atoms in total. The van der Waals surface area contributed by atoms with E-state index < -0.39 is 15.9 Å². The zero-order valence-corrected chi connectivity index (χ0v) is 23.6. The predicted octanol–water partition coefficient (Wildman–Crippen LogP) is 0.361. The molecule has 0 atom stereocenters. The number of methoxy groups -OCH3 is 1. The first-order valence-corrected chi connectivity index (χ1v) is 14.7. The van der Waals surface area contributed by atoms with Crippen molar-refractivity contribution < 1.29 is 27.5 Å². The molecule has 0 unspecified atom stereocenters. The van der Waals surface area contributed by atoms with Gasteiger partial charge in [-0.25, -0.2) is 8.42 Å². The predicted molar refractivity (Wildman–Crippen MR) is 148 cm³/mol. The number of hydrogen-bond acceptors (Lipinski definition) is 9. The van der Waals surface area contributed by atoms with Crippen molar-refractivity contribution in [3.8, 4) is 11.5 Å². The molecular formula is C26H35N7O6S. The third-order valence-electron chi connectivity index (χ3n) is 6.73. The van der Waals surface area contributed by atoms with E-state index in [2.05, 4.69) is 10.4 Å². The molecule has 1 aromatic heterocycles. The standard InChI is InChI=1S/C26H35N7O6S/c1-31-21(15-20(30-31)17-7-8-17)25(34)29-16-18-5-4-6-22(24(18)38-2)39-23(28)10-9-19(27)26(35)32-11-13-33(14-12-32)40(3,36)37/h4-6,9-10,15,17H,7-8,11-14,16,27-28H2,1-3H3,(H,29,34)/b19-9-,23-10+. The molecule has 0 bridgehead atoms. The van der Waals surface area contributed by atoms with Crippen LogP contribution in [0.4, 0.5) is 0 Å². The van der Waals surface area contributed by atoms with Crippen LogP contribution >= 0.6 is 0 Å². The summed E-state index contributed by atoms with van der Waals surface area (Å²) in [5.74, 6) is 0.429. The summed E-state index contributed by atoms with van der Waals surface area (Å²) in [5, 5.41) is 7.33. The van der Waals surface area contributed by atoms with Crippen LogP contribution in [0.2, 0.25) is 0 Å². The second-order valence-electron chi connectivity index (χ2n) is 9.73. The van der Waals surface area contributed by atoms with Crippen LogP contribution in [0.5, 0.6) is 11.5 Å². The first kappa shape index (κ1) is 29.0. The number of aromatic nitrogens is 2. The van der Waals surface area contributed by atoms with Gasteiger partial charge in [-0.1, -0.05) is 12.1 Å². The van der Waals surface area contributed by atoms with Gasteiger partial charge in [0.2, 0.25) is 10.0 Å². The van der Waals surface area contributed by atoms with E-state index in [0.29, 0.717) is 28.7 Å². The van der Waals surface area contributed by atoms with Gasteiger partial charge in [0, 0.05) is 57.3 Å². The number of rotatable bonds is 10. The van der Waals surface area contributed by atoms with Crippen molar-refractivity contribution in [2.75, 3.05) is 39.5 Å². The molecular weight excluding hydrogens is 538 g/mol. The maximum atomic E-state index is 12.8. The number of ether oxygens (including phenoxy) is 2. The Morgan fingerprint density at radius 3 is 2.48 bits per heavy atom. The highest BCUT2D eigenvalue weighted by Crippen LogP contribution is 2.39. The number of piperazine rings is 1. The van der Waals surface area contributed by atoms with Gasteiger partial charge in [-0.3, -0.25) is 14.3 Å². The molecule has 2 aromatic rings. The van der Waals surface area contributed by atoms with Crippen molar-refractivity contribution in [1.82, 2.24) is 24.3 Å². The van der Waals surface area contributed by atoms with E-state index in [1.54, 1.807) is 29.9 Å². The monoisotopic (exact) mass is 573 g/mol. The molecule has 0 radical (unpaired) electrons.